The van der Waals surface area contributed by atoms with Gasteiger partial charge < -0.3 is 0 Å². The minimum Gasteiger partial charge on any atom is -0.171 e. The van der Waals surface area contributed by atoms with Crippen LogP contribution in [0.25, 0.3) is 0 Å². The number of hydrogen-bond acceptors (Lipinski definition) is 0. The summed E-state index contributed by atoms with van der Waals surface area (Å²) in [6.45, 7) is 5.52. The third-order valence-electron chi connectivity index (χ3n) is 2.73. The molecule has 0 aromatic heterocycles. The van der Waals surface area contributed by atoms with E-state index in [-0.39, 0.29) is 12.3 Å². The molecule has 0 amide bonds. The van der Waals surface area contributed by atoms with Crippen LogP contribution in [-0.2, 0) is 0 Å². The van der Waals surface area contributed by atoms with Crippen molar-refractivity contribution in [2.24, 2.45) is 11.8 Å². The van der Waals surface area contributed by atoms with Crippen molar-refractivity contribution >= 4 is 0 Å². The molecule has 0 aromatic carbocycles. The third-order valence-corrected chi connectivity index (χ3v) is 2.73. The second-order valence-corrected chi connectivity index (χ2v) is 3.57. The Balaban J connectivity index is 4.11. The van der Waals surface area contributed by atoms with E-state index < -0.39 is 12.1 Å². The van der Waals surface area contributed by atoms with Crippen LogP contribution in [0.3, 0.4) is 0 Å². The minimum absolute atomic E-state index is 0.208. The lowest BCUT2D eigenvalue weighted by Gasteiger charge is -2.22. The Morgan fingerprint density at radius 2 is 1.38 bits per heavy atom. The van der Waals surface area contributed by atoms with Crippen molar-refractivity contribution in [3.8, 4) is 0 Å². The molecular formula is C10H19F3. The molecule has 0 aliphatic rings. The van der Waals surface area contributed by atoms with Crippen LogP contribution < -0.4 is 0 Å². The smallest absolute Gasteiger partial charge is 0.171 e. The van der Waals surface area contributed by atoms with Crippen LogP contribution in [0, 0.1) is 11.8 Å². The third kappa shape index (κ3) is 4.53. The van der Waals surface area contributed by atoms with Crippen LogP contribution in [0.15, 0.2) is 0 Å². The molecule has 0 saturated carbocycles. The molecule has 13 heavy (non-hydrogen) atoms. The molecule has 0 bridgehead atoms. The SMILES string of the molecule is CCC(CC)CC(CC)C(F)(F)F. The maximum Gasteiger partial charge on any atom is 0.391 e. The summed E-state index contributed by atoms with van der Waals surface area (Å²) in [5, 5.41) is 0. The van der Waals surface area contributed by atoms with Gasteiger partial charge in [-0.25, -0.2) is 0 Å². The van der Waals surface area contributed by atoms with E-state index in [0.717, 1.165) is 12.8 Å². The Morgan fingerprint density at radius 1 is 0.923 bits per heavy atom. The molecule has 3 heteroatoms. The van der Waals surface area contributed by atoms with Crippen LogP contribution in [0.5, 0.6) is 0 Å². The van der Waals surface area contributed by atoms with Crippen LogP contribution in [0.4, 0.5) is 13.2 Å². The van der Waals surface area contributed by atoms with Gasteiger partial charge in [0.05, 0.1) is 5.92 Å². The number of rotatable bonds is 5. The highest BCUT2D eigenvalue weighted by Crippen LogP contribution is 2.34. The maximum absolute atomic E-state index is 12.4. The first kappa shape index (κ1) is 12.8. The first-order valence-electron chi connectivity index (χ1n) is 5.02. The summed E-state index contributed by atoms with van der Waals surface area (Å²) in [6.07, 6.45) is -1.80. The highest BCUT2D eigenvalue weighted by atomic mass is 19.4. The van der Waals surface area contributed by atoms with E-state index in [1.807, 2.05) is 13.8 Å². The molecule has 80 valence electrons. The van der Waals surface area contributed by atoms with Crippen LogP contribution in [-0.4, -0.2) is 6.18 Å². The Bertz CT molecular complexity index is 125. The molecule has 0 fully saturated rings. The Hall–Kier alpha value is -0.210. The lowest BCUT2D eigenvalue weighted by molar-refractivity contribution is -0.180. The quantitative estimate of drug-likeness (QED) is 0.611. The number of halogens is 3. The Labute approximate surface area is 78.5 Å². The lowest BCUT2D eigenvalue weighted by atomic mass is 9.89. The predicted octanol–water partition coefficient (Wildman–Crippen LogP) is 4.40. The highest BCUT2D eigenvalue weighted by molar-refractivity contribution is 4.70. The fraction of sp³-hybridized carbons (Fsp3) is 1.00. The average molecular weight is 196 g/mol. The molecule has 0 radical (unpaired) electrons. The van der Waals surface area contributed by atoms with E-state index in [4.69, 9.17) is 0 Å². The zero-order valence-corrected chi connectivity index (χ0v) is 8.62. The number of alkyl halides is 3. The number of hydrogen-bond donors (Lipinski definition) is 0. The van der Waals surface area contributed by atoms with E-state index >= 15 is 0 Å². The molecule has 0 aliphatic carbocycles. The molecule has 0 heterocycles. The van der Waals surface area contributed by atoms with Gasteiger partial charge in [0, 0.05) is 0 Å². The van der Waals surface area contributed by atoms with E-state index in [1.165, 1.54) is 0 Å². The molecule has 0 rings (SSSR count). The summed E-state index contributed by atoms with van der Waals surface area (Å²) in [6, 6.07) is 0. The fourth-order valence-electron chi connectivity index (χ4n) is 1.56. The van der Waals surface area contributed by atoms with Crippen molar-refractivity contribution in [1.29, 1.82) is 0 Å². The zero-order chi connectivity index (χ0) is 10.5. The van der Waals surface area contributed by atoms with Gasteiger partial charge in [0.1, 0.15) is 0 Å². The van der Waals surface area contributed by atoms with E-state index in [1.54, 1.807) is 6.92 Å². The summed E-state index contributed by atoms with van der Waals surface area (Å²) >= 11 is 0. The molecule has 0 aliphatic heterocycles. The van der Waals surface area contributed by atoms with Crippen molar-refractivity contribution in [1.82, 2.24) is 0 Å². The molecule has 1 unspecified atom stereocenters. The molecule has 0 nitrogen and oxygen atoms in total. The average Bonchev–Trinajstić information content (AvgIpc) is 2.04. The van der Waals surface area contributed by atoms with Gasteiger partial charge in [0.25, 0.3) is 0 Å². The predicted molar refractivity (Wildman–Crippen MR) is 48.5 cm³/mol. The van der Waals surface area contributed by atoms with Gasteiger partial charge in [0.15, 0.2) is 0 Å². The Kier molecular flexibility index (Phi) is 5.42. The molecule has 0 saturated heterocycles. The van der Waals surface area contributed by atoms with Gasteiger partial charge in [-0.1, -0.05) is 33.6 Å². The van der Waals surface area contributed by atoms with Gasteiger partial charge in [-0.05, 0) is 18.8 Å². The van der Waals surface area contributed by atoms with Crippen molar-refractivity contribution in [3.05, 3.63) is 0 Å². The van der Waals surface area contributed by atoms with Crippen molar-refractivity contribution < 1.29 is 13.2 Å². The molecule has 0 N–H and O–H groups in total. The lowest BCUT2D eigenvalue weighted by Crippen LogP contribution is -2.24. The minimum atomic E-state index is -4.00. The van der Waals surface area contributed by atoms with Crippen LogP contribution >= 0.6 is 0 Å². The van der Waals surface area contributed by atoms with Crippen molar-refractivity contribution in [2.45, 2.75) is 52.6 Å². The second-order valence-electron chi connectivity index (χ2n) is 3.57. The standard InChI is InChI=1S/C10H19F3/c1-4-8(5-2)7-9(6-3)10(11,12)13/h8-9H,4-7H2,1-3H3. The summed E-state index contributed by atoms with van der Waals surface area (Å²) in [4.78, 5) is 0. The zero-order valence-electron chi connectivity index (χ0n) is 8.62. The molecule has 0 spiro atoms. The topological polar surface area (TPSA) is 0 Å². The van der Waals surface area contributed by atoms with Gasteiger partial charge >= 0.3 is 6.18 Å². The largest absolute Gasteiger partial charge is 0.391 e. The van der Waals surface area contributed by atoms with Crippen molar-refractivity contribution in [2.75, 3.05) is 0 Å². The molecule has 0 aromatic rings. The highest BCUT2D eigenvalue weighted by Gasteiger charge is 2.38. The van der Waals surface area contributed by atoms with Crippen LogP contribution in [0.2, 0.25) is 0 Å². The normalized spacial score (nSPS) is 15.0. The fourth-order valence-corrected chi connectivity index (χ4v) is 1.56. The van der Waals surface area contributed by atoms with E-state index in [2.05, 4.69) is 0 Å². The van der Waals surface area contributed by atoms with Gasteiger partial charge in [-0.15, -0.1) is 0 Å². The summed E-state index contributed by atoms with van der Waals surface area (Å²) in [5.41, 5.74) is 0. The van der Waals surface area contributed by atoms with Gasteiger partial charge in [-0.3, -0.25) is 0 Å². The summed E-state index contributed by atoms with van der Waals surface area (Å²) in [7, 11) is 0. The summed E-state index contributed by atoms with van der Waals surface area (Å²) < 4.78 is 37.1. The molecule has 1 atom stereocenters. The molecular weight excluding hydrogens is 177 g/mol. The first-order chi connectivity index (χ1) is 5.95. The first-order valence-corrected chi connectivity index (χ1v) is 5.02. The Morgan fingerprint density at radius 3 is 1.62 bits per heavy atom. The van der Waals surface area contributed by atoms with Gasteiger partial charge in [0.2, 0.25) is 0 Å². The monoisotopic (exact) mass is 196 g/mol. The maximum atomic E-state index is 12.4. The van der Waals surface area contributed by atoms with Gasteiger partial charge in [-0.2, -0.15) is 13.2 Å². The summed E-state index contributed by atoms with van der Waals surface area (Å²) in [5.74, 6) is -0.871. The van der Waals surface area contributed by atoms with Crippen molar-refractivity contribution in [3.63, 3.8) is 0 Å². The van der Waals surface area contributed by atoms with Crippen LogP contribution in [0.1, 0.15) is 46.5 Å². The van der Waals surface area contributed by atoms with E-state index in [9.17, 15) is 13.2 Å². The second kappa shape index (κ2) is 5.51. The van der Waals surface area contributed by atoms with E-state index in [0.29, 0.717) is 6.42 Å².